The molecule has 0 fully saturated rings. The van der Waals surface area contributed by atoms with Crippen LogP contribution in [0.15, 0.2) is 12.1 Å². The Balaban J connectivity index is 2.71. The Morgan fingerprint density at radius 1 is 1.05 bits per heavy atom. The highest BCUT2D eigenvalue weighted by Gasteiger charge is 2.14. The normalized spacial score (nSPS) is 10.2. The van der Waals surface area contributed by atoms with E-state index in [0.717, 1.165) is 33.7 Å². The molecule has 0 aliphatic carbocycles. The molecule has 1 aromatic heterocycles. The molecule has 1 aromatic carbocycles. The molecule has 0 N–H and O–H groups in total. The largest absolute Gasteiger partial charge is 0.496 e. The van der Waals surface area contributed by atoms with E-state index in [9.17, 15) is 0 Å². The average Bonchev–Trinajstić information content (AvgIpc) is 2.42. The first kappa shape index (κ1) is 14.0. The Labute approximate surface area is 119 Å². The molecule has 2 rings (SSSR count). The number of hydrogen-bond donors (Lipinski definition) is 0. The predicted octanol–water partition coefficient (Wildman–Crippen LogP) is 3.26. The molecule has 0 amide bonds. The van der Waals surface area contributed by atoms with Gasteiger partial charge in [-0.15, -0.1) is 0 Å². The molecule has 102 valence electrons. The van der Waals surface area contributed by atoms with Crippen LogP contribution in [0.5, 0.6) is 5.75 Å². The lowest BCUT2D eigenvalue weighted by atomic mass is 9.96. The van der Waals surface area contributed by atoms with Gasteiger partial charge in [0.05, 0.1) is 12.8 Å². The maximum Gasteiger partial charge on any atom is 0.144 e. The van der Waals surface area contributed by atoms with Gasteiger partial charge in [-0.1, -0.05) is 0 Å². The van der Waals surface area contributed by atoms with Crippen LogP contribution < -0.4 is 4.74 Å². The number of benzene rings is 1. The summed E-state index contributed by atoms with van der Waals surface area (Å²) in [6.07, 6.45) is 0. The number of aromatic nitrogens is 2. The van der Waals surface area contributed by atoms with Gasteiger partial charge in [-0.05, 0) is 50.5 Å². The lowest BCUT2D eigenvalue weighted by Crippen LogP contribution is -2.00. The summed E-state index contributed by atoms with van der Waals surface area (Å²) >= 11 is 0. The molecule has 0 saturated heterocycles. The van der Waals surface area contributed by atoms with Crippen molar-refractivity contribution in [1.29, 1.82) is 5.26 Å². The Bertz CT molecular complexity index is 715. The number of nitriles is 1. The van der Waals surface area contributed by atoms with Crippen LogP contribution >= 0.6 is 0 Å². The molecule has 0 aliphatic heterocycles. The third-order valence-corrected chi connectivity index (χ3v) is 3.46. The van der Waals surface area contributed by atoms with E-state index in [1.807, 2.05) is 26.8 Å². The topological polar surface area (TPSA) is 58.8 Å². The molecule has 20 heavy (non-hydrogen) atoms. The van der Waals surface area contributed by atoms with Crippen LogP contribution in [0, 0.1) is 39.0 Å². The second kappa shape index (κ2) is 5.30. The van der Waals surface area contributed by atoms with E-state index < -0.39 is 0 Å². The van der Waals surface area contributed by atoms with Crippen molar-refractivity contribution in [2.24, 2.45) is 0 Å². The van der Waals surface area contributed by atoms with Crippen molar-refractivity contribution in [3.63, 3.8) is 0 Å². The zero-order valence-corrected chi connectivity index (χ0v) is 12.4. The molecule has 0 bridgehead atoms. The molecule has 0 aliphatic rings. The number of hydrogen-bond acceptors (Lipinski definition) is 4. The minimum atomic E-state index is 0.387. The molecule has 4 heteroatoms. The lowest BCUT2D eigenvalue weighted by Gasteiger charge is -2.15. The van der Waals surface area contributed by atoms with Gasteiger partial charge >= 0.3 is 0 Å². The quantitative estimate of drug-likeness (QED) is 0.838. The summed E-state index contributed by atoms with van der Waals surface area (Å²) in [5, 5.41) is 9.03. The molecule has 4 nitrogen and oxygen atoms in total. The Hall–Kier alpha value is -2.41. The highest BCUT2D eigenvalue weighted by atomic mass is 16.5. The third-order valence-electron chi connectivity index (χ3n) is 3.46. The number of rotatable bonds is 2. The minimum Gasteiger partial charge on any atom is -0.496 e. The van der Waals surface area contributed by atoms with Crippen molar-refractivity contribution in [1.82, 2.24) is 9.97 Å². The number of nitrogens with zero attached hydrogens (tertiary/aromatic N) is 3. The summed E-state index contributed by atoms with van der Waals surface area (Å²) in [4.78, 5) is 8.54. The highest BCUT2D eigenvalue weighted by molar-refractivity contribution is 5.69. The highest BCUT2D eigenvalue weighted by Crippen LogP contribution is 2.33. The van der Waals surface area contributed by atoms with Gasteiger partial charge in [0.25, 0.3) is 0 Å². The van der Waals surface area contributed by atoms with Crippen LogP contribution in [-0.4, -0.2) is 17.1 Å². The molecule has 0 unspecified atom stereocenters. The average molecular weight is 267 g/mol. The molecule has 2 aromatic rings. The van der Waals surface area contributed by atoms with E-state index >= 15 is 0 Å². The van der Waals surface area contributed by atoms with Crippen molar-refractivity contribution >= 4 is 0 Å². The van der Waals surface area contributed by atoms with Gasteiger partial charge in [0.2, 0.25) is 0 Å². The summed E-state index contributed by atoms with van der Waals surface area (Å²) in [6.45, 7) is 7.87. The van der Waals surface area contributed by atoms with Crippen LogP contribution in [0.25, 0.3) is 11.3 Å². The summed E-state index contributed by atoms with van der Waals surface area (Å²) in [5.41, 5.74) is 5.44. The fraction of sp³-hybridized carbons (Fsp3) is 0.312. The van der Waals surface area contributed by atoms with Crippen LogP contribution in [0.3, 0.4) is 0 Å². The zero-order valence-electron chi connectivity index (χ0n) is 12.4. The Morgan fingerprint density at radius 3 is 2.35 bits per heavy atom. The summed E-state index contributed by atoms with van der Waals surface area (Å²) in [7, 11) is 1.68. The molecule has 1 heterocycles. The fourth-order valence-corrected chi connectivity index (χ4v) is 2.40. The van der Waals surface area contributed by atoms with E-state index in [-0.39, 0.29) is 0 Å². The fourth-order valence-electron chi connectivity index (χ4n) is 2.40. The second-order valence-corrected chi connectivity index (χ2v) is 4.82. The molecule has 0 saturated carbocycles. The van der Waals surface area contributed by atoms with Crippen molar-refractivity contribution < 1.29 is 4.74 Å². The van der Waals surface area contributed by atoms with Gasteiger partial charge in [0.1, 0.15) is 23.3 Å². The first-order chi connectivity index (χ1) is 9.47. The van der Waals surface area contributed by atoms with Crippen LogP contribution in [-0.2, 0) is 0 Å². The lowest BCUT2D eigenvalue weighted by molar-refractivity contribution is 0.408. The van der Waals surface area contributed by atoms with Crippen LogP contribution in [0.4, 0.5) is 0 Å². The molecule has 0 atom stereocenters. The maximum atomic E-state index is 9.03. The monoisotopic (exact) mass is 267 g/mol. The van der Waals surface area contributed by atoms with E-state index in [4.69, 9.17) is 10.00 Å². The minimum absolute atomic E-state index is 0.387. The Kier molecular flexibility index (Phi) is 3.71. The van der Waals surface area contributed by atoms with Crippen molar-refractivity contribution in [3.8, 4) is 23.1 Å². The SMILES string of the molecule is COc1c(C)cc(-c2cc(C#N)nc(C)n2)c(C)c1C. The molecule has 0 spiro atoms. The summed E-state index contributed by atoms with van der Waals surface area (Å²) < 4.78 is 5.43. The van der Waals surface area contributed by atoms with E-state index in [1.54, 1.807) is 20.1 Å². The maximum absolute atomic E-state index is 9.03. The first-order valence-corrected chi connectivity index (χ1v) is 6.39. The van der Waals surface area contributed by atoms with Crippen LogP contribution in [0.2, 0.25) is 0 Å². The number of ether oxygens (including phenoxy) is 1. The van der Waals surface area contributed by atoms with Gasteiger partial charge in [-0.2, -0.15) is 5.26 Å². The first-order valence-electron chi connectivity index (χ1n) is 6.39. The second-order valence-electron chi connectivity index (χ2n) is 4.82. The van der Waals surface area contributed by atoms with Crippen molar-refractivity contribution in [2.75, 3.05) is 7.11 Å². The number of methoxy groups -OCH3 is 1. The van der Waals surface area contributed by atoms with E-state index in [1.165, 1.54) is 0 Å². The van der Waals surface area contributed by atoms with Gasteiger partial charge in [0.15, 0.2) is 0 Å². The van der Waals surface area contributed by atoms with Crippen LogP contribution in [0.1, 0.15) is 28.2 Å². The zero-order chi connectivity index (χ0) is 14.9. The van der Waals surface area contributed by atoms with E-state index in [0.29, 0.717) is 11.5 Å². The predicted molar refractivity (Wildman–Crippen MR) is 77.7 cm³/mol. The van der Waals surface area contributed by atoms with E-state index in [2.05, 4.69) is 16.0 Å². The molecular weight excluding hydrogens is 250 g/mol. The Morgan fingerprint density at radius 2 is 1.75 bits per heavy atom. The van der Waals surface area contributed by atoms with Crippen molar-refractivity contribution in [3.05, 3.63) is 40.3 Å². The molecule has 0 radical (unpaired) electrons. The third kappa shape index (κ3) is 2.35. The van der Waals surface area contributed by atoms with Gasteiger partial charge in [0, 0.05) is 11.6 Å². The number of aryl methyl sites for hydroxylation is 2. The van der Waals surface area contributed by atoms with Gasteiger partial charge in [-0.25, -0.2) is 9.97 Å². The standard InChI is InChI=1S/C16H17N3O/c1-9-6-14(10(2)11(3)16(9)20-5)15-7-13(8-17)18-12(4)19-15/h6-7H,1-5H3. The van der Waals surface area contributed by atoms with Gasteiger partial charge in [-0.3, -0.25) is 0 Å². The molecular formula is C16H17N3O. The van der Waals surface area contributed by atoms with Crippen molar-refractivity contribution in [2.45, 2.75) is 27.7 Å². The summed E-state index contributed by atoms with van der Waals surface area (Å²) in [6, 6.07) is 5.84. The smallest absolute Gasteiger partial charge is 0.144 e. The van der Waals surface area contributed by atoms with Gasteiger partial charge < -0.3 is 4.74 Å². The summed E-state index contributed by atoms with van der Waals surface area (Å²) in [5.74, 6) is 1.50.